The smallest absolute Gasteiger partial charge is 0.410 e. The first kappa shape index (κ1) is 108. The van der Waals surface area contributed by atoms with E-state index in [2.05, 4.69) is 68.5 Å². The van der Waals surface area contributed by atoms with E-state index in [0.717, 1.165) is 6.33 Å². The summed E-state index contributed by atoms with van der Waals surface area (Å²) in [6.45, 7) is 8.91. The van der Waals surface area contributed by atoms with Crippen molar-refractivity contribution < 1.29 is 147 Å². The lowest BCUT2D eigenvalue weighted by atomic mass is 10.0. The molecule has 5 heterocycles. The SMILES string of the molecule is CC(C)[C@H](NC(=O)CCOCCOCCOCCOCCOCCOCCOCCOCCOCCOCCOCCOCCOCCOCCOCCOCCN=[N+]=[N-])C(=O)N[C@@H](C)C(=O)Nc1ccc(COC(=O)N(C)Cc2ccccc2C(=O)Nc2nc3c(ncn3[C@@H]3O[C@@H]4COP(O)(=S)O[C@H]5C[C@H](Oc6ccncn6)C[C@@H]5COP(=O)(S)O[C@@H]3[C@@H]4O)c(=O)[nH]2)cc1. The normalized spacial score (nSPS) is 20.3. The maximum Gasteiger partial charge on any atom is 0.410 e. The topological polar surface area (TPSA) is 545 Å². The van der Waals surface area contributed by atoms with E-state index in [-0.39, 0.29) is 87.4 Å². The van der Waals surface area contributed by atoms with Crippen LogP contribution in [0.25, 0.3) is 21.6 Å². The predicted octanol–water partition coefficient (Wildman–Crippen LogP) is 4.67. The van der Waals surface area contributed by atoms with Crippen molar-refractivity contribution in [3.05, 3.63) is 111 Å². The van der Waals surface area contributed by atoms with Gasteiger partial charge in [0.2, 0.25) is 29.5 Å². The van der Waals surface area contributed by atoms with Crippen molar-refractivity contribution in [1.29, 1.82) is 0 Å². The Morgan fingerprint density at radius 2 is 1.17 bits per heavy atom. The summed E-state index contributed by atoms with van der Waals surface area (Å²) in [5, 5.41) is 25.8. The number of rotatable bonds is 66. The molecule has 3 fully saturated rings. The number of thiol groups is 1. The van der Waals surface area contributed by atoms with Gasteiger partial charge in [-0.15, -0.1) is 0 Å². The lowest BCUT2D eigenvalue weighted by molar-refractivity contribution is -0.132. The first-order valence-electron chi connectivity index (χ1n) is 42.6. The van der Waals surface area contributed by atoms with Crippen LogP contribution in [0.3, 0.4) is 0 Å². The van der Waals surface area contributed by atoms with E-state index in [9.17, 15) is 43.3 Å². The highest BCUT2D eigenvalue weighted by Gasteiger charge is 2.51. The molecule has 5 aromatic rings. The average Bonchev–Trinajstić information content (AvgIpc) is 1.60. The zero-order valence-corrected chi connectivity index (χ0v) is 76.9. The fourth-order valence-electron chi connectivity index (χ4n) is 12.5. The van der Waals surface area contributed by atoms with Crippen molar-refractivity contribution in [3.63, 3.8) is 0 Å². The summed E-state index contributed by atoms with van der Waals surface area (Å²) in [5.74, 6) is -3.20. The molecule has 2 unspecified atom stereocenters. The van der Waals surface area contributed by atoms with Crippen LogP contribution >= 0.6 is 25.8 Å². The van der Waals surface area contributed by atoms with Crippen LogP contribution < -0.4 is 31.6 Å². The van der Waals surface area contributed by atoms with E-state index in [1.54, 1.807) is 62.4 Å². The monoisotopic (exact) mass is 1920 g/mol. The van der Waals surface area contributed by atoms with Crippen molar-refractivity contribution in [1.82, 2.24) is 45.0 Å². The maximum atomic E-state index is 14.1. The molecule has 1 aliphatic carbocycles. The first-order chi connectivity index (χ1) is 63.1. The zero-order chi connectivity index (χ0) is 92.8. The Labute approximate surface area is 762 Å². The molecule has 7 N–H and O–H groups in total. The van der Waals surface area contributed by atoms with Gasteiger partial charge >= 0.3 is 19.6 Å². The summed E-state index contributed by atoms with van der Waals surface area (Å²) >= 11 is 9.64. The molecule has 130 heavy (non-hydrogen) atoms. The number of imidazole rings is 1. The third-order valence-corrected chi connectivity index (χ3v) is 22.3. The fourth-order valence-corrected chi connectivity index (χ4v) is 15.5. The number of hydrogen-bond donors (Lipinski definition) is 8. The molecule has 46 nitrogen and oxygen atoms in total. The number of ether oxygens (including phenoxy) is 19. The molecule has 726 valence electrons. The molecular formula is C80H122N14O32P2S2. The van der Waals surface area contributed by atoms with Crippen molar-refractivity contribution in [2.45, 2.75) is 102 Å². The quantitative estimate of drug-likeness (QED) is 0.00654. The summed E-state index contributed by atoms with van der Waals surface area (Å²) in [4.78, 5) is 115. The average molecular weight is 1920 g/mol. The zero-order valence-electron chi connectivity index (χ0n) is 73.4. The van der Waals surface area contributed by atoms with Crippen LogP contribution in [-0.4, -0.2) is 355 Å². The lowest BCUT2D eigenvalue weighted by Gasteiger charge is -2.27. The van der Waals surface area contributed by atoms with Gasteiger partial charge in [-0.25, -0.2) is 24.3 Å². The van der Waals surface area contributed by atoms with E-state index < -0.39 is 110 Å². The Hall–Kier alpha value is -7.56. The highest BCUT2D eigenvalue weighted by molar-refractivity contribution is 8.44. The van der Waals surface area contributed by atoms with Crippen LogP contribution in [-0.2, 0) is 147 Å². The minimum absolute atomic E-state index is 0.0214. The highest BCUT2D eigenvalue weighted by atomic mass is 32.7. The second kappa shape index (κ2) is 62.1. The third kappa shape index (κ3) is 41.9. The first-order valence-corrected chi connectivity index (χ1v) is 47.9. The second-order valence-electron chi connectivity index (χ2n) is 29.3. The number of carbonyl (C=O) groups is 5. The van der Waals surface area contributed by atoms with E-state index >= 15 is 0 Å². The molecule has 1 saturated carbocycles. The van der Waals surface area contributed by atoms with Gasteiger partial charge in [0.1, 0.15) is 49.4 Å². The number of aliphatic hydroxyl groups excluding tert-OH is 1. The predicted molar refractivity (Wildman–Crippen MR) is 469 cm³/mol. The van der Waals surface area contributed by atoms with Crippen molar-refractivity contribution in [3.8, 4) is 5.88 Å². The van der Waals surface area contributed by atoms with Gasteiger partial charge in [0, 0.05) is 67.3 Å². The van der Waals surface area contributed by atoms with Gasteiger partial charge in [0.15, 0.2) is 17.4 Å². The number of anilines is 2. The number of fused-ring (bicyclic) bond motifs is 4. The summed E-state index contributed by atoms with van der Waals surface area (Å²) in [5.41, 5.74) is 8.39. The third-order valence-electron chi connectivity index (χ3n) is 19.1. The van der Waals surface area contributed by atoms with Crippen molar-refractivity contribution in [2.75, 3.05) is 249 Å². The lowest BCUT2D eigenvalue weighted by Crippen LogP contribution is -2.53. The number of nitrogens with one attached hydrogen (secondary N) is 5. The molecule has 8 rings (SSSR count). The number of benzene rings is 2. The minimum atomic E-state index is -4.38. The Bertz CT molecular complexity index is 4320. The van der Waals surface area contributed by atoms with Crippen LogP contribution in [0, 0.1) is 11.8 Å². The Balaban J connectivity index is 0.588. The molecule has 3 aromatic heterocycles. The van der Waals surface area contributed by atoms with Gasteiger partial charge in [-0.2, -0.15) is 4.98 Å². The molecular weight excluding hydrogens is 1800 g/mol. The molecule has 3 aliphatic rings. The number of aromatic amines is 1. The molecule has 0 radical (unpaired) electrons. The van der Waals surface area contributed by atoms with E-state index in [0.29, 0.717) is 221 Å². The van der Waals surface area contributed by atoms with E-state index in [1.807, 2.05) is 0 Å². The second-order valence-corrected chi connectivity index (χ2v) is 35.0. The van der Waals surface area contributed by atoms with Crippen LogP contribution in [0.15, 0.2) is 83.4 Å². The molecule has 2 aliphatic heterocycles. The number of aliphatic hydroxyl groups is 1. The summed E-state index contributed by atoms with van der Waals surface area (Å²) in [6.07, 6.45) is -3.53. The van der Waals surface area contributed by atoms with Crippen molar-refractivity contribution >= 4 is 90.1 Å². The highest BCUT2D eigenvalue weighted by Crippen LogP contribution is 2.59. The van der Waals surface area contributed by atoms with Gasteiger partial charge in [-0.05, 0) is 65.9 Å². The standard InChI is InChI=1S/C80H122N14O32P2S2/c1-57(2)69(88-67(95)14-17-104-19-21-106-23-25-108-27-29-110-31-33-112-35-37-114-39-41-116-43-45-118-47-48-119-46-44-117-42-40-115-38-36-113-34-32-111-30-28-109-26-24-107-22-20-105-18-16-85-92-81)76(99)86-58(3)74(97)87-62-11-9-59(10-12-62)52-120-80(101)93(4)51-60-7-5-6-8-64(60)75(98)90-79-89-73-70(77(100)91-79)84-56-94(73)78-72-71(96)66(124-78)54-122-127(102,129)125-65-50-63(123-68-13-15-82-55-83-68)49-61(65)53-121-128(103,130)126-72/h5-13,15,55-58,61,63,65-66,69,71-72,78,96H,14,16-54H2,1-4H3,(H,86,99)(H,87,97)(H,88,95)(H,102,129)(H,103,130)(H2,89,90,91,98,100)/t58-,61+,63+,65-,66+,69-,71+,72+,78+,127?,128?/m0/s1. The number of H-pyrrole nitrogens is 1. The summed E-state index contributed by atoms with van der Waals surface area (Å²) in [7, 11) is 1.46. The van der Waals surface area contributed by atoms with Gasteiger partial charge in [0.25, 0.3) is 11.5 Å². The van der Waals surface area contributed by atoms with Crippen LogP contribution in [0.2, 0.25) is 0 Å². The van der Waals surface area contributed by atoms with Gasteiger partial charge in [0.05, 0.1) is 237 Å². The summed E-state index contributed by atoms with van der Waals surface area (Å²) in [6, 6.07) is 12.4. The van der Waals surface area contributed by atoms with Gasteiger partial charge < -0.3 is 134 Å². The van der Waals surface area contributed by atoms with E-state index in [4.69, 9.17) is 125 Å². The summed E-state index contributed by atoms with van der Waals surface area (Å²) < 4.78 is 144. The Morgan fingerprint density at radius 3 is 1.68 bits per heavy atom. The largest absolute Gasteiger partial charge is 0.474 e. The minimum Gasteiger partial charge on any atom is -0.474 e. The number of nitrogens with zero attached hydrogens (tertiary/aromatic N) is 9. The molecule has 2 bridgehead atoms. The molecule has 11 atom stereocenters. The number of carbonyl (C=O) groups excluding carboxylic acids is 5. The van der Waals surface area contributed by atoms with E-state index in [1.165, 1.54) is 42.0 Å². The van der Waals surface area contributed by atoms with Crippen molar-refractivity contribution in [2.24, 2.45) is 17.0 Å². The molecule has 0 spiro atoms. The van der Waals surface area contributed by atoms with Crippen LogP contribution in [0.5, 0.6) is 5.88 Å². The number of hydrogen-bond acceptors (Lipinski definition) is 37. The molecule has 2 aromatic carbocycles. The van der Waals surface area contributed by atoms with Crippen LogP contribution in [0.1, 0.15) is 67.7 Å². The molecule has 2 saturated heterocycles. The maximum absolute atomic E-state index is 14.1. The Kier molecular flexibility index (Phi) is 51.5. The van der Waals surface area contributed by atoms with Gasteiger partial charge in [-0.3, -0.25) is 43.4 Å². The number of azide groups is 1. The fraction of sp³-hybridized carbons (Fsp3) is 0.675. The van der Waals surface area contributed by atoms with Crippen LogP contribution in [0.4, 0.5) is 16.4 Å². The molecule has 5 amide bonds. The van der Waals surface area contributed by atoms with Gasteiger partial charge in [-0.1, -0.05) is 61.5 Å². The molecule has 50 heteroatoms. The number of aromatic nitrogens is 6. The Morgan fingerprint density at radius 1 is 0.654 bits per heavy atom. The number of amides is 5.